The Kier molecular flexibility index (Phi) is 7.48. The van der Waals surface area contributed by atoms with Crippen LogP contribution in [0.5, 0.6) is 5.88 Å². The topological polar surface area (TPSA) is 141 Å². The van der Waals surface area contributed by atoms with Crippen LogP contribution in [0.3, 0.4) is 0 Å². The van der Waals surface area contributed by atoms with E-state index in [1.165, 1.54) is 44.6 Å². The highest BCUT2D eigenvalue weighted by molar-refractivity contribution is 5.90. The molecule has 1 aromatic carbocycles. The van der Waals surface area contributed by atoms with Crippen molar-refractivity contribution in [2.75, 3.05) is 20.3 Å². The lowest BCUT2D eigenvalue weighted by molar-refractivity contribution is -0.208. The number of hydrogen-bond donors (Lipinski definition) is 2. The first-order valence-corrected chi connectivity index (χ1v) is 11.0. The second kappa shape index (κ2) is 10.6. The van der Waals surface area contributed by atoms with Crippen LogP contribution in [0.15, 0.2) is 46.2 Å². The minimum absolute atomic E-state index is 0.166. The van der Waals surface area contributed by atoms with E-state index in [0.717, 1.165) is 6.07 Å². The molecule has 0 spiro atoms. The average Bonchev–Trinajstić information content (AvgIpc) is 3.34. The number of nitrogens with one attached hydrogen (secondary N) is 1. The summed E-state index contributed by atoms with van der Waals surface area (Å²) in [6.07, 6.45) is -6.97. The van der Waals surface area contributed by atoms with Gasteiger partial charge in [-0.1, -0.05) is 5.16 Å². The van der Waals surface area contributed by atoms with E-state index in [4.69, 9.17) is 19.1 Å². The van der Waals surface area contributed by atoms with Gasteiger partial charge >= 0.3 is 12.3 Å². The SMILES string of the molecule is COCCOc1cnc(-c2cc(-c3ccc(F)c([C@]4(C)C[C@@H](C(F)(F)F)OC(NC(=O)O)=N4)c3)on2)cn1. The zero-order valence-corrected chi connectivity index (χ0v) is 20.0. The smallest absolute Gasteiger partial charge is 0.425 e. The van der Waals surface area contributed by atoms with E-state index in [-0.39, 0.29) is 29.4 Å². The number of amides is 1. The van der Waals surface area contributed by atoms with Crippen molar-refractivity contribution in [3.63, 3.8) is 0 Å². The molecule has 15 heteroatoms. The van der Waals surface area contributed by atoms with Crippen molar-refractivity contribution < 1.29 is 46.2 Å². The van der Waals surface area contributed by atoms with Crippen molar-refractivity contribution >= 4 is 12.1 Å². The summed E-state index contributed by atoms with van der Waals surface area (Å²) in [7, 11) is 1.54. The van der Waals surface area contributed by atoms with Crippen molar-refractivity contribution in [3.05, 3.63) is 48.0 Å². The van der Waals surface area contributed by atoms with Gasteiger partial charge in [-0.25, -0.2) is 29.5 Å². The van der Waals surface area contributed by atoms with Gasteiger partial charge in [0.05, 0.1) is 24.5 Å². The summed E-state index contributed by atoms with van der Waals surface area (Å²) in [5.74, 6) is -0.414. The van der Waals surface area contributed by atoms with Gasteiger partial charge in [-0.2, -0.15) is 13.2 Å². The maximum atomic E-state index is 14.9. The number of aliphatic imine (C=N–C) groups is 1. The van der Waals surface area contributed by atoms with Crippen LogP contribution in [-0.4, -0.2) is 64.9 Å². The van der Waals surface area contributed by atoms with Gasteiger partial charge in [0.1, 0.15) is 23.8 Å². The zero-order valence-electron chi connectivity index (χ0n) is 20.0. The molecule has 202 valence electrons. The predicted molar refractivity (Wildman–Crippen MR) is 122 cm³/mol. The maximum absolute atomic E-state index is 14.9. The summed E-state index contributed by atoms with van der Waals surface area (Å²) in [5.41, 5.74) is -1.13. The van der Waals surface area contributed by atoms with Gasteiger partial charge in [-0.3, -0.25) is 0 Å². The molecule has 0 aliphatic carbocycles. The van der Waals surface area contributed by atoms with E-state index in [1.54, 1.807) is 5.32 Å². The first-order valence-electron chi connectivity index (χ1n) is 11.0. The first kappa shape index (κ1) is 26.8. The largest absolute Gasteiger partial charge is 0.474 e. The van der Waals surface area contributed by atoms with Gasteiger partial charge < -0.3 is 23.8 Å². The molecule has 1 aliphatic rings. The Balaban J connectivity index is 1.63. The monoisotopic (exact) mass is 539 g/mol. The summed E-state index contributed by atoms with van der Waals surface area (Å²) in [5, 5.41) is 14.5. The minimum Gasteiger partial charge on any atom is -0.474 e. The number of aromatic nitrogens is 3. The lowest BCUT2D eigenvalue weighted by Crippen LogP contribution is -2.48. The van der Waals surface area contributed by atoms with Gasteiger partial charge in [-0.15, -0.1) is 0 Å². The molecule has 3 heterocycles. The molecule has 3 aromatic rings. The van der Waals surface area contributed by atoms with Crippen molar-refractivity contribution in [2.45, 2.75) is 31.2 Å². The molecule has 2 aromatic heterocycles. The Morgan fingerprint density at radius 2 is 2.00 bits per heavy atom. The number of rotatable bonds is 7. The normalized spacial score (nSPS) is 19.4. The second-order valence-corrected chi connectivity index (χ2v) is 8.33. The van der Waals surface area contributed by atoms with E-state index in [1.807, 2.05) is 0 Å². The molecule has 0 saturated heterocycles. The third-order valence-corrected chi connectivity index (χ3v) is 5.53. The number of halogens is 4. The number of benzene rings is 1. The van der Waals surface area contributed by atoms with Gasteiger partial charge in [0.25, 0.3) is 6.02 Å². The van der Waals surface area contributed by atoms with Crippen molar-refractivity contribution in [3.8, 4) is 28.6 Å². The standard InChI is InChI=1S/C23H21F4N5O6/c1-22(9-18(23(25,26)27)37-20(31-22)30-21(33)34)13-7-12(3-4-14(13)24)17-8-15(32-38-17)16-10-29-19(11-28-16)36-6-5-35-2/h3-4,7-8,10-11,18H,5-6,9H2,1-2H3,(H,30,31)(H,33,34)/t18-,22-/m0/s1. The number of alkyl halides is 3. The van der Waals surface area contributed by atoms with Crippen LogP contribution in [-0.2, 0) is 15.0 Å². The number of methoxy groups -OCH3 is 1. The van der Waals surface area contributed by atoms with Gasteiger partial charge in [0.2, 0.25) is 5.88 Å². The van der Waals surface area contributed by atoms with Crippen molar-refractivity contribution in [1.82, 2.24) is 20.4 Å². The third kappa shape index (κ3) is 5.99. The number of amidine groups is 1. The van der Waals surface area contributed by atoms with Gasteiger partial charge in [0, 0.05) is 30.7 Å². The molecule has 4 rings (SSSR count). The Morgan fingerprint density at radius 3 is 2.66 bits per heavy atom. The molecule has 38 heavy (non-hydrogen) atoms. The fourth-order valence-electron chi connectivity index (χ4n) is 3.71. The lowest BCUT2D eigenvalue weighted by Gasteiger charge is -2.36. The number of carboxylic acid groups (broad SMARTS) is 1. The minimum atomic E-state index is -4.86. The fraction of sp³-hybridized carbons (Fsp3) is 0.348. The van der Waals surface area contributed by atoms with Crippen LogP contribution in [0.1, 0.15) is 18.9 Å². The highest BCUT2D eigenvalue weighted by Crippen LogP contribution is 2.42. The molecule has 0 radical (unpaired) electrons. The van der Waals surface area contributed by atoms with Crippen LogP contribution >= 0.6 is 0 Å². The summed E-state index contributed by atoms with van der Waals surface area (Å²) < 4.78 is 75.8. The van der Waals surface area contributed by atoms with E-state index in [2.05, 4.69) is 24.9 Å². The highest BCUT2D eigenvalue weighted by atomic mass is 19.4. The fourth-order valence-corrected chi connectivity index (χ4v) is 3.71. The van der Waals surface area contributed by atoms with Crippen LogP contribution in [0.25, 0.3) is 22.7 Å². The van der Waals surface area contributed by atoms with Crippen LogP contribution in [0.2, 0.25) is 0 Å². The van der Waals surface area contributed by atoms with Gasteiger partial charge in [0.15, 0.2) is 11.9 Å². The number of ether oxygens (including phenoxy) is 3. The summed E-state index contributed by atoms with van der Waals surface area (Å²) in [4.78, 5) is 23.3. The van der Waals surface area contributed by atoms with E-state index in [0.29, 0.717) is 18.0 Å². The maximum Gasteiger partial charge on any atom is 0.425 e. The molecule has 11 nitrogen and oxygen atoms in total. The molecule has 0 bridgehead atoms. The summed E-state index contributed by atoms with van der Waals surface area (Å²) >= 11 is 0. The molecule has 1 aliphatic heterocycles. The molecule has 0 fully saturated rings. The number of carbonyl (C=O) groups is 1. The van der Waals surface area contributed by atoms with Crippen molar-refractivity contribution in [1.29, 1.82) is 0 Å². The van der Waals surface area contributed by atoms with Crippen LogP contribution < -0.4 is 10.1 Å². The molecular formula is C23H21F4N5O6. The Bertz CT molecular complexity index is 1330. The van der Waals surface area contributed by atoms with E-state index >= 15 is 0 Å². The highest BCUT2D eigenvalue weighted by Gasteiger charge is 2.50. The van der Waals surface area contributed by atoms with Crippen LogP contribution in [0.4, 0.5) is 22.4 Å². The third-order valence-electron chi connectivity index (χ3n) is 5.53. The quantitative estimate of drug-likeness (QED) is 0.335. The Hall–Kier alpha value is -4.27. The second-order valence-electron chi connectivity index (χ2n) is 8.33. The predicted octanol–water partition coefficient (Wildman–Crippen LogP) is 4.15. The molecule has 2 N–H and O–H groups in total. The molecule has 0 unspecified atom stereocenters. The van der Waals surface area contributed by atoms with Crippen molar-refractivity contribution in [2.24, 2.45) is 4.99 Å². The van der Waals surface area contributed by atoms with E-state index < -0.39 is 42.2 Å². The van der Waals surface area contributed by atoms with Crippen LogP contribution in [0, 0.1) is 5.82 Å². The molecule has 1 amide bonds. The number of nitrogens with zero attached hydrogens (tertiary/aromatic N) is 4. The van der Waals surface area contributed by atoms with Gasteiger partial charge in [-0.05, 0) is 25.1 Å². The Labute approximate surface area is 212 Å². The average molecular weight is 539 g/mol. The molecular weight excluding hydrogens is 518 g/mol. The zero-order chi connectivity index (χ0) is 27.5. The lowest BCUT2D eigenvalue weighted by atomic mass is 9.84. The molecule has 0 saturated carbocycles. The summed E-state index contributed by atoms with van der Waals surface area (Å²) in [6.45, 7) is 1.91. The summed E-state index contributed by atoms with van der Waals surface area (Å²) in [6, 6.07) is 4.26. The number of hydrogen-bond acceptors (Lipinski definition) is 9. The molecule has 2 atom stereocenters. The van der Waals surface area contributed by atoms with E-state index in [9.17, 15) is 22.4 Å². The first-order chi connectivity index (χ1) is 18.0. The Morgan fingerprint density at radius 1 is 1.21 bits per heavy atom.